The Bertz CT molecular complexity index is 1040. The number of pyridine rings is 1. The molecule has 0 radical (unpaired) electrons. The summed E-state index contributed by atoms with van der Waals surface area (Å²) in [7, 11) is -1.52. The van der Waals surface area contributed by atoms with E-state index in [1.54, 1.807) is 28.7 Å². The van der Waals surface area contributed by atoms with Gasteiger partial charge in [-0.15, -0.1) is 0 Å². The van der Waals surface area contributed by atoms with E-state index in [0.717, 1.165) is 29.0 Å². The van der Waals surface area contributed by atoms with Crippen molar-refractivity contribution in [2.75, 3.05) is 13.1 Å². The molecular formula is C18H20N4O2S. The Balaban J connectivity index is 1.63. The molecule has 1 saturated heterocycles. The third kappa shape index (κ3) is 2.73. The second-order valence-corrected chi connectivity index (χ2v) is 8.48. The van der Waals surface area contributed by atoms with E-state index in [2.05, 4.69) is 9.97 Å². The zero-order chi connectivity index (χ0) is 17.6. The Kier molecular flexibility index (Phi) is 3.85. The van der Waals surface area contributed by atoms with Gasteiger partial charge in [-0.1, -0.05) is 12.1 Å². The maximum atomic E-state index is 12.9. The number of sulfonamides is 1. The van der Waals surface area contributed by atoms with Gasteiger partial charge in [-0.05, 0) is 43.2 Å². The van der Waals surface area contributed by atoms with E-state index < -0.39 is 10.0 Å². The molecule has 1 atom stereocenters. The number of benzene rings is 1. The molecule has 0 N–H and O–H groups in total. The van der Waals surface area contributed by atoms with Crippen LogP contribution in [-0.2, 0) is 17.1 Å². The van der Waals surface area contributed by atoms with Gasteiger partial charge in [0.25, 0.3) is 0 Å². The molecule has 7 heteroatoms. The first kappa shape index (κ1) is 16.2. The number of hydrogen-bond donors (Lipinski definition) is 0. The molecule has 1 aliphatic heterocycles. The largest absolute Gasteiger partial charge is 0.316 e. The molecule has 130 valence electrons. The van der Waals surface area contributed by atoms with Crippen molar-refractivity contribution in [1.29, 1.82) is 0 Å². The first-order valence-corrected chi connectivity index (χ1v) is 9.75. The van der Waals surface area contributed by atoms with Crippen molar-refractivity contribution in [1.82, 2.24) is 18.8 Å². The number of nitrogens with zero attached hydrogens (tertiary/aromatic N) is 4. The molecule has 1 aromatic carbocycles. The fourth-order valence-electron chi connectivity index (χ4n) is 3.49. The van der Waals surface area contributed by atoms with Crippen LogP contribution in [0.2, 0.25) is 0 Å². The summed E-state index contributed by atoms with van der Waals surface area (Å²) in [4.78, 5) is 9.40. The zero-order valence-electron chi connectivity index (χ0n) is 14.3. The fraction of sp³-hybridized carbons (Fsp3) is 0.333. The average Bonchev–Trinajstić information content (AvgIpc) is 3.21. The van der Waals surface area contributed by atoms with E-state index in [4.69, 9.17) is 0 Å². The van der Waals surface area contributed by atoms with E-state index in [9.17, 15) is 8.42 Å². The van der Waals surface area contributed by atoms with Crippen LogP contribution in [0.15, 0.2) is 47.5 Å². The van der Waals surface area contributed by atoms with Gasteiger partial charge in [-0.2, -0.15) is 4.31 Å². The number of hydrogen-bond acceptors (Lipinski definition) is 4. The highest BCUT2D eigenvalue weighted by atomic mass is 32.2. The Hall–Kier alpha value is -2.25. The van der Waals surface area contributed by atoms with Gasteiger partial charge in [0.1, 0.15) is 11.3 Å². The summed E-state index contributed by atoms with van der Waals surface area (Å²) in [5.41, 5.74) is 2.62. The second-order valence-electron chi connectivity index (χ2n) is 6.54. The molecule has 0 unspecified atom stereocenters. The Morgan fingerprint density at radius 1 is 1.20 bits per heavy atom. The Labute approximate surface area is 147 Å². The molecule has 2 aromatic heterocycles. The van der Waals surface area contributed by atoms with Crippen molar-refractivity contribution in [3.05, 3.63) is 54.0 Å². The summed E-state index contributed by atoms with van der Waals surface area (Å²) in [5, 5.41) is 0. The van der Waals surface area contributed by atoms with Crippen LogP contribution in [0, 0.1) is 6.92 Å². The quantitative estimate of drug-likeness (QED) is 0.723. The van der Waals surface area contributed by atoms with Gasteiger partial charge in [0.05, 0.1) is 4.90 Å². The highest BCUT2D eigenvalue weighted by molar-refractivity contribution is 7.89. The van der Waals surface area contributed by atoms with E-state index in [-0.39, 0.29) is 5.92 Å². The van der Waals surface area contributed by atoms with Crippen LogP contribution in [-0.4, -0.2) is 40.3 Å². The van der Waals surface area contributed by atoms with Crippen LogP contribution >= 0.6 is 0 Å². The molecule has 0 bridgehead atoms. The monoisotopic (exact) mass is 356 g/mol. The first-order chi connectivity index (χ1) is 12.0. The Morgan fingerprint density at radius 2 is 2.04 bits per heavy atom. The number of imidazole rings is 1. The van der Waals surface area contributed by atoms with Gasteiger partial charge < -0.3 is 4.57 Å². The summed E-state index contributed by atoms with van der Waals surface area (Å²) in [5.74, 6) is 0.981. The highest BCUT2D eigenvalue weighted by Crippen LogP contribution is 2.31. The molecule has 0 saturated carbocycles. The molecule has 3 heterocycles. The van der Waals surface area contributed by atoms with Crippen molar-refractivity contribution in [2.24, 2.45) is 7.05 Å². The molecule has 0 spiro atoms. The summed E-state index contributed by atoms with van der Waals surface area (Å²) < 4.78 is 29.4. The van der Waals surface area contributed by atoms with E-state index in [1.165, 1.54) is 0 Å². The lowest BCUT2D eigenvalue weighted by Gasteiger charge is -2.17. The number of fused-ring (bicyclic) bond motifs is 1. The maximum Gasteiger partial charge on any atom is 0.243 e. The van der Waals surface area contributed by atoms with Crippen molar-refractivity contribution in [3.63, 3.8) is 0 Å². The molecule has 0 amide bonds. The summed E-state index contributed by atoms with van der Waals surface area (Å²) in [6.07, 6.45) is 2.51. The van der Waals surface area contributed by atoms with Crippen LogP contribution in [0.4, 0.5) is 0 Å². The molecule has 25 heavy (non-hydrogen) atoms. The molecule has 6 nitrogen and oxygen atoms in total. The lowest BCUT2D eigenvalue weighted by Crippen LogP contribution is -2.29. The predicted molar refractivity (Wildman–Crippen MR) is 95.8 cm³/mol. The summed E-state index contributed by atoms with van der Waals surface area (Å²) in [6.45, 7) is 2.86. The molecule has 4 rings (SSSR count). The van der Waals surface area contributed by atoms with Crippen molar-refractivity contribution in [2.45, 2.75) is 24.2 Å². The van der Waals surface area contributed by atoms with Gasteiger partial charge in [-0.3, -0.25) is 0 Å². The van der Waals surface area contributed by atoms with Crippen LogP contribution in [0.25, 0.3) is 11.2 Å². The third-order valence-electron chi connectivity index (χ3n) is 4.81. The highest BCUT2D eigenvalue weighted by Gasteiger charge is 2.35. The lowest BCUT2D eigenvalue weighted by atomic mass is 10.1. The molecule has 1 aliphatic rings. The van der Waals surface area contributed by atoms with Gasteiger partial charge in [-0.25, -0.2) is 18.4 Å². The van der Waals surface area contributed by atoms with Gasteiger partial charge in [0, 0.05) is 32.3 Å². The minimum atomic E-state index is -3.46. The van der Waals surface area contributed by atoms with Gasteiger partial charge >= 0.3 is 0 Å². The summed E-state index contributed by atoms with van der Waals surface area (Å²) in [6, 6.07) is 10.9. The number of aromatic nitrogens is 3. The molecular weight excluding hydrogens is 336 g/mol. The van der Waals surface area contributed by atoms with Crippen molar-refractivity contribution < 1.29 is 8.42 Å². The zero-order valence-corrected chi connectivity index (χ0v) is 15.1. The van der Waals surface area contributed by atoms with Crippen LogP contribution < -0.4 is 0 Å². The first-order valence-electron chi connectivity index (χ1n) is 8.31. The Morgan fingerprint density at radius 3 is 2.80 bits per heavy atom. The van der Waals surface area contributed by atoms with Crippen molar-refractivity contribution in [3.8, 4) is 0 Å². The van der Waals surface area contributed by atoms with E-state index in [0.29, 0.717) is 18.0 Å². The van der Waals surface area contributed by atoms with E-state index >= 15 is 0 Å². The molecule has 1 fully saturated rings. The van der Waals surface area contributed by atoms with Crippen molar-refractivity contribution >= 4 is 21.2 Å². The van der Waals surface area contributed by atoms with Crippen LogP contribution in [0.1, 0.15) is 23.7 Å². The third-order valence-corrected chi connectivity index (χ3v) is 6.67. The smallest absolute Gasteiger partial charge is 0.243 e. The molecule has 3 aromatic rings. The van der Waals surface area contributed by atoms with Crippen LogP contribution in [0.5, 0.6) is 0 Å². The number of rotatable bonds is 3. The van der Waals surface area contributed by atoms with Gasteiger partial charge in [0.2, 0.25) is 10.0 Å². The maximum absolute atomic E-state index is 12.9. The predicted octanol–water partition coefficient (Wildman–Crippen LogP) is 2.45. The van der Waals surface area contributed by atoms with Crippen LogP contribution in [0.3, 0.4) is 0 Å². The normalized spacial score (nSPS) is 18.9. The lowest BCUT2D eigenvalue weighted by molar-refractivity contribution is 0.470. The SMILES string of the molecule is Cc1cccc(S(=O)(=O)N2CC[C@H](c3nc4cccnc4n3C)C2)c1. The minimum absolute atomic E-state index is 0.0822. The topological polar surface area (TPSA) is 68.1 Å². The average molecular weight is 356 g/mol. The van der Waals surface area contributed by atoms with E-state index in [1.807, 2.05) is 36.7 Å². The number of aryl methyl sites for hydroxylation is 2. The summed E-state index contributed by atoms with van der Waals surface area (Å²) >= 11 is 0. The van der Waals surface area contributed by atoms with Gasteiger partial charge in [0.15, 0.2) is 5.65 Å². The molecule has 0 aliphatic carbocycles. The fourth-order valence-corrected chi connectivity index (χ4v) is 5.09. The second kappa shape index (κ2) is 5.93. The standard InChI is InChI=1S/C18H20N4O2S/c1-13-5-3-6-15(11-13)25(23,24)22-10-8-14(12-22)17-20-16-7-4-9-19-18(16)21(17)2/h3-7,9,11,14H,8,10,12H2,1-2H3/t14-/m0/s1. The minimum Gasteiger partial charge on any atom is -0.316 e.